The molecule has 3 rings (SSSR count). The quantitative estimate of drug-likeness (QED) is 0.869. The maximum Gasteiger partial charge on any atom is 0.336 e. The van der Waals surface area contributed by atoms with Gasteiger partial charge in [0.25, 0.3) is 0 Å². The Hall–Kier alpha value is -1.71. The predicted molar refractivity (Wildman–Crippen MR) is 68.2 cm³/mol. The lowest BCUT2D eigenvalue weighted by Gasteiger charge is -2.37. The highest BCUT2D eigenvalue weighted by Gasteiger charge is 2.46. The van der Waals surface area contributed by atoms with E-state index in [1.807, 2.05) is 6.21 Å². The molecule has 0 bridgehead atoms. The van der Waals surface area contributed by atoms with Crippen LogP contribution in [0, 0.1) is 0 Å². The van der Waals surface area contributed by atoms with E-state index in [-0.39, 0.29) is 11.0 Å². The van der Waals surface area contributed by atoms with Gasteiger partial charge in [0.1, 0.15) is 0 Å². The smallest absolute Gasteiger partial charge is 0.336 e. The van der Waals surface area contributed by atoms with Crippen LogP contribution in [0.1, 0.15) is 48.5 Å². The Kier molecular flexibility index (Phi) is 2.30. The van der Waals surface area contributed by atoms with Crippen molar-refractivity contribution in [1.29, 1.82) is 0 Å². The normalized spacial score (nSPS) is 33.6. The SMILES string of the molecule is CC1(c2cnccc2C(=O)O)CCC2(C=N2)CC1. The molecule has 1 aromatic heterocycles. The first kappa shape index (κ1) is 11.4. The van der Waals surface area contributed by atoms with Gasteiger partial charge in [-0.2, -0.15) is 0 Å². The van der Waals surface area contributed by atoms with Crippen molar-refractivity contribution in [3.8, 4) is 0 Å². The summed E-state index contributed by atoms with van der Waals surface area (Å²) in [5.74, 6) is -0.864. The van der Waals surface area contributed by atoms with E-state index in [0.717, 1.165) is 31.2 Å². The van der Waals surface area contributed by atoms with Crippen molar-refractivity contribution in [1.82, 2.24) is 4.98 Å². The lowest BCUT2D eigenvalue weighted by Crippen LogP contribution is -2.34. The Morgan fingerprint density at radius 2 is 2.00 bits per heavy atom. The molecule has 0 unspecified atom stereocenters. The molecule has 1 aromatic rings. The predicted octanol–water partition coefficient (Wildman–Crippen LogP) is 2.43. The fraction of sp³-hybridized carbons (Fsp3) is 0.500. The number of rotatable bonds is 2. The minimum atomic E-state index is -0.864. The van der Waals surface area contributed by atoms with Crippen LogP contribution in [0.15, 0.2) is 23.5 Å². The first-order valence-corrected chi connectivity index (χ1v) is 6.29. The number of hydrogen-bond acceptors (Lipinski definition) is 3. The zero-order valence-electron chi connectivity index (χ0n) is 10.4. The first-order chi connectivity index (χ1) is 8.55. The van der Waals surface area contributed by atoms with Crippen LogP contribution in [0.3, 0.4) is 0 Å². The van der Waals surface area contributed by atoms with E-state index >= 15 is 0 Å². The fourth-order valence-corrected chi connectivity index (χ4v) is 2.92. The lowest BCUT2D eigenvalue weighted by atomic mass is 9.66. The number of aromatic carboxylic acids is 1. The molecule has 94 valence electrons. The third-order valence-electron chi connectivity index (χ3n) is 4.42. The molecule has 1 spiro atoms. The highest BCUT2D eigenvalue weighted by atomic mass is 16.4. The molecule has 1 aliphatic heterocycles. The Morgan fingerprint density at radius 3 is 2.56 bits per heavy atom. The Labute approximate surface area is 106 Å². The molecule has 0 radical (unpaired) electrons. The summed E-state index contributed by atoms with van der Waals surface area (Å²) < 4.78 is 0. The maximum absolute atomic E-state index is 11.3. The average Bonchev–Trinajstić information content (AvgIpc) is 3.14. The molecule has 18 heavy (non-hydrogen) atoms. The maximum atomic E-state index is 11.3. The minimum absolute atomic E-state index is 0.0841. The summed E-state index contributed by atoms with van der Waals surface area (Å²) in [5.41, 5.74) is 1.30. The molecule has 1 aliphatic carbocycles. The minimum Gasteiger partial charge on any atom is -0.478 e. The van der Waals surface area contributed by atoms with Gasteiger partial charge in [-0.25, -0.2) is 4.79 Å². The molecule has 1 saturated carbocycles. The number of pyridine rings is 1. The molecular weight excluding hydrogens is 228 g/mol. The van der Waals surface area contributed by atoms with Gasteiger partial charge in [-0.15, -0.1) is 0 Å². The van der Waals surface area contributed by atoms with Crippen molar-refractivity contribution >= 4 is 12.2 Å². The van der Waals surface area contributed by atoms with Crippen LogP contribution in [-0.4, -0.2) is 27.8 Å². The summed E-state index contributed by atoms with van der Waals surface area (Å²) >= 11 is 0. The van der Waals surface area contributed by atoms with E-state index in [4.69, 9.17) is 0 Å². The summed E-state index contributed by atoms with van der Waals surface area (Å²) in [5, 5.41) is 9.27. The highest BCUT2D eigenvalue weighted by Crippen LogP contribution is 2.47. The van der Waals surface area contributed by atoms with Crippen molar-refractivity contribution in [2.24, 2.45) is 4.99 Å². The molecule has 0 aromatic carbocycles. The van der Waals surface area contributed by atoms with Crippen LogP contribution in [0.5, 0.6) is 0 Å². The van der Waals surface area contributed by atoms with E-state index in [1.54, 1.807) is 18.5 Å². The van der Waals surface area contributed by atoms with E-state index < -0.39 is 5.97 Å². The molecule has 2 aliphatic rings. The summed E-state index contributed by atoms with van der Waals surface area (Å²) in [7, 11) is 0. The average molecular weight is 244 g/mol. The monoisotopic (exact) mass is 244 g/mol. The van der Waals surface area contributed by atoms with Gasteiger partial charge >= 0.3 is 5.97 Å². The van der Waals surface area contributed by atoms with Crippen LogP contribution in [0.25, 0.3) is 0 Å². The summed E-state index contributed by atoms with van der Waals surface area (Å²) in [4.78, 5) is 19.8. The van der Waals surface area contributed by atoms with Crippen LogP contribution in [0.2, 0.25) is 0 Å². The zero-order valence-corrected chi connectivity index (χ0v) is 10.4. The second-order valence-electron chi connectivity index (χ2n) is 5.65. The molecule has 4 nitrogen and oxygen atoms in total. The summed E-state index contributed by atoms with van der Waals surface area (Å²) in [6, 6.07) is 1.60. The van der Waals surface area contributed by atoms with E-state index in [9.17, 15) is 9.90 Å². The molecule has 0 saturated heterocycles. The van der Waals surface area contributed by atoms with Crippen molar-refractivity contribution in [2.75, 3.05) is 0 Å². The molecule has 2 heterocycles. The molecule has 1 N–H and O–H groups in total. The van der Waals surface area contributed by atoms with Crippen LogP contribution < -0.4 is 0 Å². The van der Waals surface area contributed by atoms with Crippen LogP contribution >= 0.6 is 0 Å². The number of carboxylic acid groups (broad SMARTS) is 1. The molecule has 1 fully saturated rings. The zero-order chi connectivity index (χ0) is 12.8. The van der Waals surface area contributed by atoms with E-state index in [1.165, 1.54) is 0 Å². The fourth-order valence-electron chi connectivity index (χ4n) is 2.92. The van der Waals surface area contributed by atoms with Crippen molar-refractivity contribution < 1.29 is 9.90 Å². The van der Waals surface area contributed by atoms with Gasteiger partial charge in [-0.1, -0.05) is 6.92 Å². The van der Waals surface area contributed by atoms with Gasteiger partial charge in [0.2, 0.25) is 0 Å². The number of carboxylic acids is 1. The molecule has 0 amide bonds. The summed E-state index contributed by atoms with van der Waals surface area (Å²) in [6.07, 6.45) is 9.29. The topological polar surface area (TPSA) is 62.5 Å². The van der Waals surface area contributed by atoms with Crippen LogP contribution in [-0.2, 0) is 5.41 Å². The Bertz CT molecular complexity index is 520. The van der Waals surface area contributed by atoms with Gasteiger partial charge in [0.15, 0.2) is 0 Å². The number of hydrogen-bond donors (Lipinski definition) is 1. The van der Waals surface area contributed by atoms with Gasteiger partial charge in [0, 0.05) is 18.6 Å². The Balaban J connectivity index is 1.92. The van der Waals surface area contributed by atoms with Gasteiger partial charge in [0.05, 0.1) is 11.1 Å². The number of aliphatic imine (C=N–C) groups is 1. The second-order valence-corrected chi connectivity index (χ2v) is 5.65. The van der Waals surface area contributed by atoms with E-state index in [0.29, 0.717) is 5.56 Å². The van der Waals surface area contributed by atoms with Gasteiger partial charge < -0.3 is 5.11 Å². The third-order valence-corrected chi connectivity index (χ3v) is 4.42. The second kappa shape index (κ2) is 3.64. The summed E-state index contributed by atoms with van der Waals surface area (Å²) in [6.45, 7) is 2.14. The lowest BCUT2D eigenvalue weighted by molar-refractivity contribution is 0.0692. The van der Waals surface area contributed by atoms with Gasteiger partial charge in [-0.3, -0.25) is 9.98 Å². The highest BCUT2D eigenvalue weighted by molar-refractivity contribution is 5.89. The number of nitrogens with zero attached hydrogens (tertiary/aromatic N) is 2. The first-order valence-electron chi connectivity index (χ1n) is 6.29. The largest absolute Gasteiger partial charge is 0.478 e. The molecule has 0 atom stereocenters. The van der Waals surface area contributed by atoms with Gasteiger partial charge in [-0.05, 0) is 42.7 Å². The van der Waals surface area contributed by atoms with Crippen LogP contribution in [0.4, 0.5) is 0 Å². The standard InChI is InChI=1S/C14H16N2O2/c1-13(3-5-14(6-4-13)9-16-14)11-8-15-7-2-10(11)12(17)18/h2,7-9H,3-6H2,1H3,(H,17,18). The Morgan fingerprint density at radius 1 is 1.33 bits per heavy atom. The number of aromatic nitrogens is 1. The molecular formula is C14H16N2O2. The third kappa shape index (κ3) is 1.72. The van der Waals surface area contributed by atoms with Crippen molar-refractivity contribution in [2.45, 2.75) is 43.6 Å². The van der Waals surface area contributed by atoms with Crippen molar-refractivity contribution in [3.63, 3.8) is 0 Å². The van der Waals surface area contributed by atoms with E-state index in [2.05, 4.69) is 16.9 Å². The number of carbonyl (C=O) groups is 1. The molecule has 4 heteroatoms. The van der Waals surface area contributed by atoms with Crippen molar-refractivity contribution in [3.05, 3.63) is 29.6 Å².